The number of amides is 1. The topological polar surface area (TPSA) is 106 Å². The van der Waals surface area contributed by atoms with Gasteiger partial charge in [-0.2, -0.15) is 5.10 Å². The molecule has 1 heterocycles. The van der Waals surface area contributed by atoms with E-state index in [1.165, 1.54) is 18.6 Å². The van der Waals surface area contributed by atoms with Crippen molar-refractivity contribution in [1.82, 2.24) is 10.2 Å². The summed E-state index contributed by atoms with van der Waals surface area (Å²) in [6.07, 6.45) is 22.5. The monoisotopic (exact) mass is 433 g/mol. The van der Waals surface area contributed by atoms with E-state index in [-0.39, 0.29) is 11.8 Å². The Morgan fingerprint density at radius 1 is 1.31 bits per heavy atom. The Hall–Kier alpha value is -3.68. The van der Waals surface area contributed by atoms with E-state index in [1.807, 2.05) is 44.2 Å². The predicted molar refractivity (Wildman–Crippen MR) is 134 cm³/mol. The van der Waals surface area contributed by atoms with Crippen LogP contribution >= 0.6 is 0 Å². The molecule has 1 amide bonds. The van der Waals surface area contributed by atoms with Crippen LogP contribution in [0.25, 0.3) is 0 Å². The van der Waals surface area contributed by atoms with Gasteiger partial charge in [-0.25, -0.2) is 4.99 Å². The minimum Gasteiger partial charge on any atom is -0.345 e. The maximum atomic E-state index is 12.3. The maximum Gasteiger partial charge on any atom is 0.249 e. The largest absolute Gasteiger partial charge is 0.345 e. The molecule has 1 unspecified atom stereocenters. The van der Waals surface area contributed by atoms with Crippen LogP contribution in [0.2, 0.25) is 0 Å². The number of hydrogen-bond acceptors (Lipinski definition) is 7. The van der Waals surface area contributed by atoms with Crippen LogP contribution in [0.3, 0.4) is 0 Å². The van der Waals surface area contributed by atoms with Crippen LogP contribution in [-0.4, -0.2) is 61.3 Å². The van der Waals surface area contributed by atoms with Crippen LogP contribution in [0.15, 0.2) is 80.1 Å². The van der Waals surface area contributed by atoms with E-state index in [1.54, 1.807) is 31.6 Å². The number of hydrogen-bond donors (Lipinski definition) is 2. The highest BCUT2D eigenvalue weighted by atomic mass is 16.1. The summed E-state index contributed by atoms with van der Waals surface area (Å²) in [6.45, 7) is 4.62. The Balaban J connectivity index is 2.05. The van der Waals surface area contributed by atoms with Crippen molar-refractivity contribution in [3.63, 3.8) is 0 Å². The fourth-order valence-electron chi connectivity index (χ4n) is 2.89. The molecule has 2 aliphatic rings. The fraction of sp³-hybridized carbons (Fsp3) is 0.333. The summed E-state index contributed by atoms with van der Waals surface area (Å²) in [5.41, 5.74) is 1.47. The van der Waals surface area contributed by atoms with Crippen molar-refractivity contribution < 1.29 is 4.79 Å². The van der Waals surface area contributed by atoms with Gasteiger partial charge < -0.3 is 15.6 Å². The average Bonchev–Trinajstić information content (AvgIpc) is 3.64. The van der Waals surface area contributed by atoms with Crippen LogP contribution in [0.5, 0.6) is 0 Å². The molecule has 8 nitrogen and oxygen atoms in total. The number of rotatable bonds is 11. The van der Waals surface area contributed by atoms with Crippen molar-refractivity contribution in [2.75, 3.05) is 13.6 Å². The summed E-state index contributed by atoms with van der Waals surface area (Å²) >= 11 is 0. The summed E-state index contributed by atoms with van der Waals surface area (Å²) < 4.78 is 0. The van der Waals surface area contributed by atoms with E-state index < -0.39 is 0 Å². The second-order valence-electron chi connectivity index (χ2n) is 7.20. The lowest BCUT2D eigenvalue weighted by atomic mass is 10.00. The van der Waals surface area contributed by atoms with Gasteiger partial charge in [0.2, 0.25) is 5.91 Å². The zero-order valence-electron chi connectivity index (χ0n) is 18.8. The predicted octanol–water partition coefficient (Wildman–Crippen LogP) is 3.48. The second-order valence-corrected chi connectivity index (χ2v) is 7.20. The summed E-state index contributed by atoms with van der Waals surface area (Å²) in [4.78, 5) is 22.8. The molecule has 0 radical (unpaired) electrons. The van der Waals surface area contributed by atoms with Gasteiger partial charge in [-0.15, -0.1) is 5.10 Å². The van der Waals surface area contributed by atoms with E-state index in [9.17, 15) is 4.79 Å². The molecule has 1 fully saturated rings. The SMILES string of the molecule is C/C=C\C=C(/N=CNC(=O)/C=C/C(=C\C=N)C(C)/C=C\C=NC)C1=NN=CCN1C1CC1. The fourth-order valence-corrected chi connectivity index (χ4v) is 2.89. The standard InChI is InChI=1S/C24H31N7O/c1-4-5-8-22(24-30-29-16-17-31(24)21-10-11-21)27-18-28-23(32)12-9-20(13-14-25)19(2)7-6-15-26-3/h4-9,12-16,18-19,21,25H,10-11,17H2,1-3H3,(H,27,28,32)/b5-4-,7-6-,12-9+,20-13+,22-8-,25-14?,26-15?. The van der Waals surface area contributed by atoms with E-state index in [0.29, 0.717) is 24.1 Å². The van der Waals surface area contributed by atoms with Crippen molar-refractivity contribution in [2.24, 2.45) is 26.1 Å². The van der Waals surface area contributed by atoms with E-state index in [0.717, 1.165) is 18.4 Å². The van der Waals surface area contributed by atoms with Crippen molar-refractivity contribution in [3.8, 4) is 0 Å². The average molecular weight is 434 g/mol. The lowest BCUT2D eigenvalue weighted by molar-refractivity contribution is -0.115. The van der Waals surface area contributed by atoms with E-state index >= 15 is 0 Å². The van der Waals surface area contributed by atoms with Gasteiger partial charge in [0.1, 0.15) is 5.70 Å². The van der Waals surface area contributed by atoms with Gasteiger partial charge in [-0.1, -0.05) is 31.2 Å². The van der Waals surface area contributed by atoms with Crippen molar-refractivity contribution in [1.29, 1.82) is 5.41 Å². The Bertz CT molecular complexity index is 928. The van der Waals surface area contributed by atoms with Gasteiger partial charge in [-0.05, 0) is 49.5 Å². The molecular formula is C24H31N7O. The summed E-state index contributed by atoms with van der Waals surface area (Å²) in [5.74, 6) is 0.423. The van der Waals surface area contributed by atoms with Crippen LogP contribution in [0.4, 0.5) is 0 Å². The van der Waals surface area contributed by atoms with Crippen LogP contribution in [-0.2, 0) is 4.79 Å². The Labute approximate surface area is 189 Å². The third kappa shape index (κ3) is 8.22. The van der Waals surface area contributed by atoms with Crippen LogP contribution < -0.4 is 5.32 Å². The number of carbonyl (C=O) groups is 1. The molecule has 0 aromatic carbocycles. The number of nitrogens with one attached hydrogen (secondary N) is 2. The Morgan fingerprint density at radius 3 is 2.81 bits per heavy atom. The van der Waals surface area contributed by atoms with E-state index in [2.05, 4.69) is 30.4 Å². The molecule has 1 atom stereocenters. The van der Waals surface area contributed by atoms with E-state index in [4.69, 9.17) is 5.41 Å². The molecule has 168 valence electrons. The molecule has 0 bridgehead atoms. The molecule has 1 aliphatic heterocycles. The minimum atomic E-state index is -0.316. The summed E-state index contributed by atoms with van der Waals surface area (Å²) in [5, 5.41) is 18.3. The van der Waals surface area contributed by atoms with Gasteiger partial charge >= 0.3 is 0 Å². The number of allylic oxidation sites excluding steroid dienone is 8. The van der Waals surface area contributed by atoms with Gasteiger partial charge in [0, 0.05) is 37.8 Å². The summed E-state index contributed by atoms with van der Waals surface area (Å²) in [7, 11) is 1.70. The zero-order chi connectivity index (χ0) is 23.2. The highest BCUT2D eigenvalue weighted by Crippen LogP contribution is 2.29. The van der Waals surface area contributed by atoms with Gasteiger partial charge in [0.05, 0.1) is 12.9 Å². The van der Waals surface area contributed by atoms with Gasteiger partial charge in [-0.3, -0.25) is 9.79 Å². The first kappa shape index (κ1) is 24.6. The third-order valence-electron chi connectivity index (χ3n) is 4.72. The molecule has 0 aromatic rings. The van der Waals surface area contributed by atoms with Gasteiger partial charge in [0.25, 0.3) is 0 Å². The molecule has 2 rings (SSSR count). The quantitative estimate of drug-likeness (QED) is 0.225. The second kappa shape index (κ2) is 13.6. The van der Waals surface area contributed by atoms with Crippen LogP contribution in [0.1, 0.15) is 26.7 Å². The first-order chi connectivity index (χ1) is 15.6. The lowest BCUT2D eigenvalue weighted by Gasteiger charge is -2.25. The number of aliphatic imine (C=N–C) groups is 2. The minimum absolute atomic E-state index is 0.0287. The van der Waals surface area contributed by atoms with Crippen molar-refractivity contribution in [2.45, 2.75) is 32.7 Å². The smallest absolute Gasteiger partial charge is 0.249 e. The van der Waals surface area contributed by atoms with Crippen molar-refractivity contribution in [3.05, 3.63) is 59.9 Å². The lowest BCUT2D eigenvalue weighted by Crippen LogP contribution is -2.37. The molecule has 32 heavy (non-hydrogen) atoms. The summed E-state index contributed by atoms with van der Waals surface area (Å²) in [6, 6.07) is 0.473. The molecule has 2 N–H and O–H groups in total. The number of amidine groups is 1. The molecule has 0 saturated heterocycles. The first-order valence-electron chi connectivity index (χ1n) is 10.6. The highest BCUT2D eigenvalue weighted by molar-refractivity contribution is 6.03. The molecule has 1 saturated carbocycles. The molecule has 8 heteroatoms. The van der Waals surface area contributed by atoms with Gasteiger partial charge in [0.15, 0.2) is 5.84 Å². The number of carbonyl (C=O) groups excluding carboxylic acids is 1. The maximum absolute atomic E-state index is 12.3. The molecule has 0 spiro atoms. The molecule has 0 aromatic heterocycles. The first-order valence-corrected chi connectivity index (χ1v) is 10.6. The number of nitrogens with zero attached hydrogens (tertiary/aromatic N) is 5. The molecular weight excluding hydrogens is 402 g/mol. The third-order valence-corrected chi connectivity index (χ3v) is 4.72. The Morgan fingerprint density at radius 2 is 2.12 bits per heavy atom. The Kier molecular flexibility index (Phi) is 10.4. The van der Waals surface area contributed by atoms with Crippen molar-refractivity contribution >= 4 is 36.7 Å². The highest BCUT2D eigenvalue weighted by Gasteiger charge is 2.33. The zero-order valence-corrected chi connectivity index (χ0v) is 18.8. The molecule has 1 aliphatic carbocycles. The normalized spacial score (nSPS) is 19.1. The van der Waals surface area contributed by atoms with Crippen LogP contribution in [0, 0.1) is 11.3 Å².